The molecule has 0 atom stereocenters. The van der Waals surface area contributed by atoms with Crippen molar-refractivity contribution in [2.75, 3.05) is 5.33 Å². The van der Waals surface area contributed by atoms with E-state index in [2.05, 4.69) is 15.9 Å². The molecule has 0 aromatic heterocycles. The molecule has 0 aromatic carbocycles. The van der Waals surface area contributed by atoms with Crippen LogP contribution in [-0.4, -0.2) is 17.3 Å². The fraction of sp³-hybridized carbons (Fsp3) is 0.750. The van der Waals surface area contributed by atoms with Gasteiger partial charge in [-0.1, -0.05) is 15.9 Å². The summed E-state index contributed by atoms with van der Waals surface area (Å²) < 4.78 is 33.8. The molecule has 0 radical (unpaired) electrons. The molecule has 0 rings (SSSR count). The normalized spacial score (nSPS) is 11.6. The molecule has 0 aliphatic heterocycles. The van der Waals surface area contributed by atoms with E-state index in [9.17, 15) is 18.0 Å². The van der Waals surface area contributed by atoms with Crippen LogP contribution < -0.4 is 0 Å². The summed E-state index contributed by atoms with van der Waals surface area (Å²) in [5.74, 6) is -0.845. The van der Waals surface area contributed by atoms with Gasteiger partial charge in [0, 0.05) is 0 Å². The Labute approximate surface area is 58.4 Å². The van der Waals surface area contributed by atoms with E-state index in [0.29, 0.717) is 0 Å². The minimum atomic E-state index is -4.36. The number of carbonyl (C=O) groups excluding carboxylic acids is 1. The predicted octanol–water partition coefficient (Wildman–Crippen LogP) is 1.90. The third kappa shape index (κ3) is 5.82. The standard InChI is InChI=1S/C4H4BrF3O/c5-2-3(9)1-4(6,7)8/h1-2H2. The lowest BCUT2D eigenvalue weighted by molar-refractivity contribution is -0.150. The highest BCUT2D eigenvalue weighted by Gasteiger charge is 2.30. The van der Waals surface area contributed by atoms with Crippen LogP contribution in [0.5, 0.6) is 0 Å². The lowest BCUT2D eigenvalue weighted by Gasteiger charge is -2.01. The number of rotatable bonds is 2. The minimum Gasteiger partial charge on any atom is -0.298 e. The summed E-state index contributed by atoms with van der Waals surface area (Å²) in [5, 5.41) is -0.230. The van der Waals surface area contributed by atoms with E-state index in [4.69, 9.17) is 0 Å². The second-order valence-electron chi connectivity index (χ2n) is 1.46. The first-order chi connectivity index (χ1) is 3.95. The van der Waals surface area contributed by atoms with E-state index >= 15 is 0 Å². The lowest BCUT2D eigenvalue weighted by Crippen LogP contribution is -2.15. The van der Waals surface area contributed by atoms with E-state index in [1.165, 1.54) is 0 Å². The second-order valence-corrected chi connectivity index (χ2v) is 2.02. The predicted molar refractivity (Wildman–Crippen MR) is 29.5 cm³/mol. The fourth-order valence-electron chi connectivity index (χ4n) is 0.271. The Bertz CT molecular complexity index is 109. The van der Waals surface area contributed by atoms with Gasteiger partial charge in [-0.3, -0.25) is 4.79 Å². The monoisotopic (exact) mass is 204 g/mol. The van der Waals surface area contributed by atoms with Crippen LogP contribution in [0.3, 0.4) is 0 Å². The number of alkyl halides is 4. The maximum atomic E-state index is 11.3. The molecular formula is C4H4BrF3O. The van der Waals surface area contributed by atoms with Crippen molar-refractivity contribution in [2.24, 2.45) is 0 Å². The van der Waals surface area contributed by atoms with Crippen molar-refractivity contribution in [3.05, 3.63) is 0 Å². The third-order valence-electron chi connectivity index (χ3n) is 0.547. The van der Waals surface area contributed by atoms with Gasteiger partial charge in [-0.15, -0.1) is 0 Å². The quantitative estimate of drug-likeness (QED) is 0.629. The average Bonchev–Trinajstić information content (AvgIpc) is 1.62. The Hall–Kier alpha value is -0.0600. The molecule has 5 heteroatoms. The maximum Gasteiger partial charge on any atom is 0.395 e. The maximum absolute atomic E-state index is 11.3. The summed E-state index contributed by atoms with van der Waals surface area (Å²) in [5.41, 5.74) is 0. The third-order valence-corrected chi connectivity index (χ3v) is 1.17. The average molecular weight is 205 g/mol. The van der Waals surface area contributed by atoms with Crippen LogP contribution >= 0.6 is 15.9 Å². The van der Waals surface area contributed by atoms with Crippen molar-refractivity contribution in [3.8, 4) is 0 Å². The van der Waals surface area contributed by atoms with Crippen molar-refractivity contribution < 1.29 is 18.0 Å². The highest BCUT2D eigenvalue weighted by atomic mass is 79.9. The van der Waals surface area contributed by atoms with E-state index in [0.717, 1.165) is 0 Å². The molecule has 0 bridgehead atoms. The first kappa shape index (κ1) is 8.94. The van der Waals surface area contributed by atoms with Gasteiger partial charge < -0.3 is 0 Å². The summed E-state index contributed by atoms with van der Waals surface area (Å²) in [6, 6.07) is 0. The minimum absolute atomic E-state index is 0.230. The van der Waals surface area contributed by atoms with Gasteiger partial charge in [0.05, 0.1) is 5.33 Å². The van der Waals surface area contributed by atoms with Gasteiger partial charge in [0.25, 0.3) is 0 Å². The highest BCUT2D eigenvalue weighted by Crippen LogP contribution is 2.19. The van der Waals surface area contributed by atoms with Gasteiger partial charge in [-0.05, 0) is 0 Å². The largest absolute Gasteiger partial charge is 0.395 e. The summed E-state index contributed by atoms with van der Waals surface area (Å²) in [6.45, 7) is 0. The number of Topliss-reactive ketones (excluding diaryl/α,β-unsaturated/α-hetero) is 1. The number of hydrogen-bond donors (Lipinski definition) is 0. The van der Waals surface area contributed by atoms with E-state index in [1.54, 1.807) is 0 Å². The van der Waals surface area contributed by atoms with Gasteiger partial charge in [0.1, 0.15) is 6.42 Å². The van der Waals surface area contributed by atoms with Crippen LogP contribution in [0.25, 0.3) is 0 Å². The molecule has 0 unspecified atom stereocenters. The molecule has 0 aromatic rings. The Kier molecular flexibility index (Phi) is 3.17. The molecule has 0 fully saturated rings. The van der Waals surface area contributed by atoms with Crippen molar-refractivity contribution in [2.45, 2.75) is 12.6 Å². The number of carbonyl (C=O) groups is 1. The summed E-state index contributed by atoms with van der Waals surface area (Å²) >= 11 is 2.62. The van der Waals surface area contributed by atoms with E-state index < -0.39 is 18.4 Å². The van der Waals surface area contributed by atoms with E-state index in [1.807, 2.05) is 0 Å². The Morgan fingerprint density at radius 2 is 1.89 bits per heavy atom. The van der Waals surface area contributed by atoms with Crippen LogP contribution in [0.4, 0.5) is 13.2 Å². The van der Waals surface area contributed by atoms with Gasteiger partial charge in [0.15, 0.2) is 5.78 Å². The number of ketones is 1. The van der Waals surface area contributed by atoms with Crippen LogP contribution in [0.15, 0.2) is 0 Å². The molecule has 0 N–H and O–H groups in total. The molecule has 0 amide bonds. The molecule has 1 nitrogen and oxygen atoms in total. The molecule has 54 valence electrons. The molecule has 0 saturated carbocycles. The van der Waals surface area contributed by atoms with Crippen molar-refractivity contribution in [1.82, 2.24) is 0 Å². The smallest absolute Gasteiger partial charge is 0.298 e. The van der Waals surface area contributed by atoms with Gasteiger partial charge in [-0.25, -0.2) is 0 Å². The van der Waals surface area contributed by atoms with Crippen molar-refractivity contribution >= 4 is 21.7 Å². The Morgan fingerprint density at radius 1 is 1.44 bits per heavy atom. The zero-order valence-electron chi connectivity index (χ0n) is 4.33. The first-order valence-corrected chi connectivity index (χ1v) is 3.22. The molecule has 0 heterocycles. The van der Waals surface area contributed by atoms with Gasteiger partial charge in [-0.2, -0.15) is 13.2 Å². The molecule has 0 spiro atoms. The molecule has 0 aliphatic rings. The van der Waals surface area contributed by atoms with Gasteiger partial charge >= 0.3 is 6.18 Å². The van der Waals surface area contributed by atoms with Gasteiger partial charge in [0.2, 0.25) is 0 Å². The van der Waals surface area contributed by atoms with Crippen molar-refractivity contribution in [3.63, 3.8) is 0 Å². The SMILES string of the molecule is O=C(CBr)CC(F)(F)F. The highest BCUT2D eigenvalue weighted by molar-refractivity contribution is 9.09. The van der Waals surface area contributed by atoms with Crippen molar-refractivity contribution in [1.29, 1.82) is 0 Å². The number of hydrogen-bond acceptors (Lipinski definition) is 1. The zero-order valence-corrected chi connectivity index (χ0v) is 5.92. The second kappa shape index (κ2) is 3.20. The molecular weight excluding hydrogens is 201 g/mol. The topological polar surface area (TPSA) is 17.1 Å². The van der Waals surface area contributed by atoms with Crippen LogP contribution in [0.2, 0.25) is 0 Å². The Morgan fingerprint density at radius 3 is 2.00 bits per heavy atom. The molecule has 0 saturated heterocycles. The van der Waals surface area contributed by atoms with Crippen LogP contribution in [-0.2, 0) is 4.79 Å². The van der Waals surface area contributed by atoms with Crippen LogP contribution in [0, 0.1) is 0 Å². The summed E-state index contributed by atoms with van der Waals surface area (Å²) in [7, 11) is 0. The first-order valence-electron chi connectivity index (χ1n) is 2.10. The summed E-state index contributed by atoms with van der Waals surface area (Å²) in [6.07, 6.45) is -5.69. The fourth-order valence-corrected chi connectivity index (χ4v) is 0.469. The lowest BCUT2D eigenvalue weighted by atomic mass is 10.3. The number of halogens is 4. The Balaban J connectivity index is 3.60. The van der Waals surface area contributed by atoms with Crippen LogP contribution in [0.1, 0.15) is 6.42 Å². The molecule has 0 aliphatic carbocycles. The zero-order chi connectivity index (χ0) is 7.49. The summed E-state index contributed by atoms with van der Waals surface area (Å²) in [4.78, 5) is 10.1. The molecule has 9 heavy (non-hydrogen) atoms. The van der Waals surface area contributed by atoms with E-state index in [-0.39, 0.29) is 5.33 Å².